The Hall–Kier alpha value is -3.85. The van der Waals surface area contributed by atoms with E-state index < -0.39 is 17.4 Å². The number of H-pyrrole nitrogens is 1. The average molecular weight is 464 g/mol. The van der Waals surface area contributed by atoms with Crippen LogP contribution in [0.2, 0.25) is 0 Å². The van der Waals surface area contributed by atoms with E-state index in [0.29, 0.717) is 18.2 Å². The van der Waals surface area contributed by atoms with Gasteiger partial charge < -0.3 is 19.3 Å². The molecule has 0 saturated heterocycles. The summed E-state index contributed by atoms with van der Waals surface area (Å²) in [6.07, 6.45) is 0.0243. The van der Waals surface area contributed by atoms with Crippen molar-refractivity contribution in [1.29, 1.82) is 0 Å². The lowest BCUT2D eigenvalue weighted by Crippen LogP contribution is -2.31. The molecule has 9 nitrogen and oxygen atoms in total. The fourth-order valence-electron chi connectivity index (χ4n) is 3.89. The van der Waals surface area contributed by atoms with Gasteiger partial charge >= 0.3 is 5.69 Å². The Labute approximate surface area is 196 Å². The normalized spacial score (nSPS) is 12.1. The number of aromatic nitrogens is 4. The monoisotopic (exact) mass is 463 g/mol. The number of hydrogen-bond acceptors (Lipinski definition) is 6. The smallest absolute Gasteiger partial charge is 0.329 e. The summed E-state index contributed by atoms with van der Waals surface area (Å²) in [5.74, 6) is 1.13. The van der Waals surface area contributed by atoms with Gasteiger partial charge in [0.15, 0.2) is 11.2 Å². The zero-order chi connectivity index (χ0) is 24.2. The van der Waals surface area contributed by atoms with E-state index in [2.05, 4.69) is 16.9 Å². The zero-order valence-electron chi connectivity index (χ0n) is 19.6. The Morgan fingerprint density at radius 2 is 1.79 bits per heavy atom. The van der Waals surface area contributed by atoms with Gasteiger partial charge in [-0.15, -0.1) is 0 Å². The third kappa shape index (κ3) is 4.89. The number of benzene rings is 2. The quantitative estimate of drug-likeness (QED) is 0.394. The van der Waals surface area contributed by atoms with Gasteiger partial charge in [-0.25, -0.2) is 4.79 Å². The number of ether oxygens (including phenoxy) is 1. The minimum atomic E-state index is -0.913. The molecule has 178 valence electrons. The maximum atomic E-state index is 12.7. The van der Waals surface area contributed by atoms with E-state index in [-0.39, 0.29) is 24.3 Å². The number of aliphatic hydroxyl groups is 1. The van der Waals surface area contributed by atoms with Crippen LogP contribution < -0.4 is 20.9 Å². The third-order valence-corrected chi connectivity index (χ3v) is 5.76. The van der Waals surface area contributed by atoms with Crippen LogP contribution in [0.1, 0.15) is 18.1 Å². The van der Waals surface area contributed by atoms with Gasteiger partial charge in [0.25, 0.3) is 5.56 Å². The van der Waals surface area contributed by atoms with E-state index in [0.717, 1.165) is 12.0 Å². The molecule has 2 N–H and O–H groups in total. The number of hydrogen-bond donors (Lipinski definition) is 2. The maximum absolute atomic E-state index is 12.7. The molecule has 34 heavy (non-hydrogen) atoms. The summed E-state index contributed by atoms with van der Waals surface area (Å²) in [5.41, 5.74) is 1.65. The standard InChI is InChI=1S/C25H29N5O4/c1-4-17-10-12-20(13-11-17)34-16-19(31)15-30-21-22(29(3)25(33)27-23(21)32)26-24(30)28(2)14-18-8-6-5-7-9-18/h5-13,19,31H,4,14-16H2,1-3H3,(H,27,32,33)/t19-/m1/s1. The number of aromatic amines is 1. The summed E-state index contributed by atoms with van der Waals surface area (Å²) in [6.45, 7) is 2.72. The molecule has 0 aliphatic rings. The van der Waals surface area contributed by atoms with Crippen molar-refractivity contribution >= 4 is 17.1 Å². The molecular formula is C25H29N5O4. The average Bonchev–Trinajstić information content (AvgIpc) is 3.22. The first-order valence-corrected chi connectivity index (χ1v) is 11.2. The van der Waals surface area contributed by atoms with Crippen molar-refractivity contribution in [2.75, 3.05) is 18.6 Å². The Balaban J connectivity index is 1.63. The van der Waals surface area contributed by atoms with Crippen LogP contribution >= 0.6 is 0 Å². The van der Waals surface area contributed by atoms with E-state index >= 15 is 0 Å². The second-order valence-corrected chi connectivity index (χ2v) is 8.32. The minimum Gasteiger partial charge on any atom is -0.491 e. The number of rotatable bonds is 9. The Bertz CT molecular complexity index is 1370. The van der Waals surface area contributed by atoms with Crippen molar-refractivity contribution in [2.45, 2.75) is 32.5 Å². The van der Waals surface area contributed by atoms with Crippen LogP contribution in [0.3, 0.4) is 0 Å². The second kappa shape index (κ2) is 9.96. The van der Waals surface area contributed by atoms with Crippen LogP contribution in [0.25, 0.3) is 11.2 Å². The van der Waals surface area contributed by atoms with E-state index in [1.807, 2.05) is 66.5 Å². The molecule has 0 spiro atoms. The number of aliphatic hydroxyl groups excluding tert-OH is 1. The van der Waals surface area contributed by atoms with Crippen molar-refractivity contribution in [3.8, 4) is 5.75 Å². The second-order valence-electron chi connectivity index (χ2n) is 8.32. The van der Waals surface area contributed by atoms with Gasteiger partial charge in [0.1, 0.15) is 18.5 Å². The highest BCUT2D eigenvalue weighted by Gasteiger charge is 2.22. The Morgan fingerprint density at radius 1 is 1.09 bits per heavy atom. The molecule has 0 unspecified atom stereocenters. The number of nitrogens with zero attached hydrogens (tertiary/aromatic N) is 4. The summed E-state index contributed by atoms with van der Waals surface area (Å²) < 4.78 is 8.70. The molecule has 2 heterocycles. The molecule has 1 atom stereocenters. The fraction of sp³-hybridized carbons (Fsp3) is 0.320. The van der Waals surface area contributed by atoms with Crippen molar-refractivity contribution in [3.05, 3.63) is 86.6 Å². The summed E-state index contributed by atoms with van der Waals surface area (Å²) >= 11 is 0. The van der Waals surface area contributed by atoms with E-state index in [4.69, 9.17) is 4.74 Å². The SMILES string of the molecule is CCc1ccc(OC[C@H](O)Cn2c(N(C)Cc3ccccc3)nc3c2c(=O)[nH]c(=O)n3C)cc1. The number of anilines is 1. The molecule has 4 rings (SSSR count). The topological polar surface area (TPSA) is 105 Å². The molecule has 0 amide bonds. The van der Waals surface area contributed by atoms with Crippen LogP contribution in [0, 0.1) is 0 Å². The van der Waals surface area contributed by atoms with Gasteiger partial charge in [-0.1, -0.05) is 49.4 Å². The van der Waals surface area contributed by atoms with Gasteiger partial charge in [0.2, 0.25) is 5.95 Å². The first kappa shape index (κ1) is 23.3. The number of imidazole rings is 1. The molecule has 0 aliphatic carbocycles. The third-order valence-electron chi connectivity index (χ3n) is 5.76. The summed E-state index contributed by atoms with van der Waals surface area (Å²) in [5, 5.41) is 10.8. The van der Waals surface area contributed by atoms with Crippen molar-refractivity contribution in [3.63, 3.8) is 0 Å². The van der Waals surface area contributed by atoms with E-state index in [1.54, 1.807) is 11.6 Å². The lowest BCUT2D eigenvalue weighted by Gasteiger charge is -2.21. The van der Waals surface area contributed by atoms with Crippen LogP contribution in [-0.4, -0.2) is 44.0 Å². The zero-order valence-corrected chi connectivity index (χ0v) is 19.6. The molecule has 0 bridgehead atoms. The molecule has 4 aromatic rings. The fourth-order valence-corrected chi connectivity index (χ4v) is 3.89. The maximum Gasteiger partial charge on any atom is 0.329 e. The first-order chi connectivity index (χ1) is 16.4. The van der Waals surface area contributed by atoms with Crippen molar-refractivity contribution < 1.29 is 9.84 Å². The number of fused-ring (bicyclic) bond motifs is 1. The van der Waals surface area contributed by atoms with Crippen LogP contribution in [0.15, 0.2) is 64.2 Å². The van der Waals surface area contributed by atoms with Crippen LogP contribution in [-0.2, 0) is 26.6 Å². The Morgan fingerprint density at radius 3 is 2.47 bits per heavy atom. The molecule has 2 aromatic carbocycles. The van der Waals surface area contributed by atoms with Crippen LogP contribution in [0.5, 0.6) is 5.75 Å². The molecule has 9 heteroatoms. The number of aryl methyl sites for hydroxylation is 2. The number of nitrogens with one attached hydrogen (secondary N) is 1. The predicted octanol–water partition coefficient (Wildman–Crippen LogP) is 2.06. The first-order valence-electron chi connectivity index (χ1n) is 11.2. The molecule has 2 aromatic heterocycles. The largest absolute Gasteiger partial charge is 0.491 e. The minimum absolute atomic E-state index is 0.0383. The highest BCUT2D eigenvalue weighted by atomic mass is 16.5. The summed E-state index contributed by atoms with van der Waals surface area (Å²) in [6, 6.07) is 17.6. The van der Waals surface area contributed by atoms with E-state index in [1.165, 1.54) is 10.1 Å². The molecule has 0 saturated carbocycles. The van der Waals surface area contributed by atoms with E-state index in [9.17, 15) is 14.7 Å². The van der Waals surface area contributed by atoms with Gasteiger partial charge in [0.05, 0.1) is 6.54 Å². The molecule has 0 aliphatic heterocycles. The van der Waals surface area contributed by atoms with Gasteiger partial charge in [-0.2, -0.15) is 4.98 Å². The summed E-state index contributed by atoms with van der Waals surface area (Å²) in [4.78, 5) is 33.7. The van der Waals surface area contributed by atoms with Crippen LogP contribution in [0.4, 0.5) is 5.95 Å². The van der Waals surface area contributed by atoms with Gasteiger partial charge in [0, 0.05) is 20.6 Å². The molecular weight excluding hydrogens is 434 g/mol. The predicted molar refractivity (Wildman–Crippen MR) is 131 cm³/mol. The molecule has 0 fully saturated rings. The lowest BCUT2D eigenvalue weighted by atomic mass is 10.2. The highest BCUT2D eigenvalue weighted by molar-refractivity contribution is 5.74. The Kier molecular flexibility index (Phi) is 6.83. The van der Waals surface area contributed by atoms with Crippen molar-refractivity contribution in [2.24, 2.45) is 7.05 Å². The van der Waals surface area contributed by atoms with Gasteiger partial charge in [-0.05, 0) is 29.7 Å². The summed E-state index contributed by atoms with van der Waals surface area (Å²) in [7, 11) is 3.41. The van der Waals surface area contributed by atoms with Crippen molar-refractivity contribution in [1.82, 2.24) is 19.1 Å². The molecule has 0 radical (unpaired) electrons. The highest BCUT2D eigenvalue weighted by Crippen LogP contribution is 2.21. The van der Waals surface area contributed by atoms with Gasteiger partial charge in [-0.3, -0.25) is 14.3 Å². The lowest BCUT2D eigenvalue weighted by molar-refractivity contribution is 0.0936.